The van der Waals surface area contributed by atoms with Gasteiger partial charge >= 0.3 is 0 Å². The second kappa shape index (κ2) is 14.0. The molecule has 0 aliphatic heterocycles. The normalized spacial score (nSPS) is 14.3. The predicted octanol–water partition coefficient (Wildman–Crippen LogP) is 4.92. The molecular weight excluding hydrogens is 606 g/mol. The lowest BCUT2D eigenvalue weighted by Crippen LogP contribution is -2.54. The van der Waals surface area contributed by atoms with Gasteiger partial charge in [0.25, 0.3) is 0 Å². The number of hydrogen-bond acceptors (Lipinski definition) is 5. The monoisotopic (exact) mass is 641 g/mol. The third-order valence-corrected chi connectivity index (χ3v) is 8.87. The highest BCUT2D eigenvalue weighted by atomic mass is 79.9. The number of sulfonamides is 1. The van der Waals surface area contributed by atoms with Gasteiger partial charge in [0.1, 0.15) is 18.3 Å². The second-order valence-electron chi connectivity index (χ2n) is 10.3. The molecule has 0 bridgehead atoms. The summed E-state index contributed by atoms with van der Waals surface area (Å²) in [4.78, 5) is 29.6. The molecule has 1 atom stereocenters. The Morgan fingerprint density at radius 1 is 0.976 bits per heavy atom. The van der Waals surface area contributed by atoms with Gasteiger partial charge in [-0.05, 0) is 48.2 Å². The number of hydrogen-bond donors (Lipinski definition) is 1. The van der Waals surface area contributed by atoms with Gasteiger partial charge in [0.05, 0.1) is 19.1 Å². The van der Waals surface area contributed by atoms with Crippen LogP contribution in [0.4, 0.5) is 5.69 Å². The molecule has 4 rings (SSSR count). The Hall–Kier alpha value is -3.37. The zero-order chi connectivity index (χ0) is 29.4. The third kappa shape index (κ3) is 8.56. The zero-order valence-electron chi connectivity index (χ0n) is 23.3. The van der Waals surface area contributed by atoms with E-state index in [9.17, 15) is 18.0 Å². The van der Waals surface area contributed by atoms with Gasteiger partial charge in [-0.3, -0.25) is 13.9 Å². The second-order valence-corrected chi connectivity index (χ2v) is 13.1. The Kier molecular flexibility index (Phi) is 10.4. The molecule has 0 saturated heterocycles. The fourth-order valence-electron chi connectivity index (χ4n) is 5.13. The molecule has 218 valence electrons. The molecule has 0 aromatic heterocycles. The Balaban J connectivity index is 1.73. The summed E-state index contributed by atoms with van der Waals surface area (Å²) in [5.41, 5.74) is 2.02. The smallest absolute Gasteiger partial charge is 0.244 e. The average Bonchev–Trinajstić information content (AvgIpc) is 3.46. The number of rotatable bonds is 12. The van der Waals surface area contributed by atoms with E-state index in [0.29, 0.717) is 11.4 Å². The lowest BCUT2D eigenvalue weighted by atomic mass is 10.0. The van der Waals surface area contributed by atoms with Crippen LogP contribution in [0.15, 0.2) is 83.3 Å². The molecule has 1 saturated carbocycles. The van der Waals surface area contributed by atoms with Crippen molar-refractivity contribution in [3.05, 3.63) is 94.5 Å². The lowest BCUT2D eigenvalue weighted by molar-refractivity contribution is -0.140. The number of methoxy groups -OCH3 is 1. The van der Waals surface area contributed by atoms with E-state index < -0.39 is 28.5 Å². The number of carbonyl (C=O) groups is 2. The van der Waals surface area contributed by atoms with Gasteiger partial charge in [0.15, 0.2) is 0 Å². The Labute approximate surface area is 250 Å². The molecule has 1 aliphatic carbocycles. The van der Waals surface area contributed by atoms with Crippen molar-refractivity contribution in [3.8, 4) is 5.75 Å². The first kappa shape index (κ1) is 30.6. The minimum atomic E-state index is -3.85. The van der Waals surface area contributed by atoms with Crippen molar-refractivity contribution < 1.29 is 22.7 Å². The minimum absolute atomic E-state index is 0.0629. The fraction of sp³-hybridized carbons (Fsp3) is 0.355. The minimum Gasteiger partial charge on any atom is -0.497 e. The van der Waals surface area contributed by atoms with Gasteiger partial charge in [-0.25, -0.2) is 8.42 Å². The van der Waals surface area contributed by atoms with Crippen LogP contribution in [0.3, 0.4) is 0 Å². The molecule has 41 heavy (non-hydrogen) atoms. The highest BCUT2D eigenvalue weighted by molar-refractivity contribution is 9.10. The molecule has 8 nitrogen and oxygen atoms in total. The van der Waals surface area contributed by atoms with Crippen molar-refractivity contribution in [2.75, 3.05) is 24.2 Å². The molecule has 0 unspecified atom stereocenters. The number of nitrogens with one attached hydrogen (secondary N) is 1. The van der Waals surface area contributed by atoms with Crippen molar-refractivity contribution >= 4 is 43.5 Å². The first-order valence-electron chi connectivity index (χ1n) is 13.6. The number of ether oxygens (including phenoxy) is 1. The maximum absolute atomic E-state index is 14.2. The lowest BCUT2D eigenvalue weighted by Gasteiger charge is -2.34. The van der Waals surface area contributed by atoms with E-state index in [-0.39, 0.29) is 24.9 Å². The van der Waals surface area contributed by atoms with Crippen molar-refractivity contribution in [1.29, 1.82) is 0 Å². The number of halogens is 1. The van der Waals surface area contributed by atoms with Gasteiger partial charge in [-0.1, -0.05) is 77.3 Å². The molecule has 0 spiro atoms. The van der Waals surface area contributed by atoms with Crippen LogP contribution in [0.1, 0.15) is 36.8 Å². The summed E-state index contributed by atoms with van der Waals surface area (Å²) in [6, 6.07) is 22.9. The van der Waals surface area contributed by atoms with Crippen LogP contribution in [-0.2, 0) is 32.6 Å². The summed E-state index contributed by atoms with van der Waals surface area (Å²) < 4.78 is 33.1. The van der Waals surface area contributed by atoms with Crippen LogP contribution >= 0.6 is 15.9 Å². The van der Waals surface area contributed by atoms with Crippen LogP contribution in [0.2, 0.25) is 0 Å². The fourth-order valence-corrected chi connectivity index (χ4v) is 6.42. The third-order valence-electron chi connectivity index (χ3n) is 7.24. The molecule has 1 fully saturated rings. The van der Waals surface area contributed by atoms with E-state index in [1.165, 1.54) is 12.0 Å². The Bertz CT molecular complexity index is 1440. The largest absolute Gasteiger partial charge is 0.497 e. The predicted molar refractivity (Wildman–Crippen MR) is 164 cm³/mol. The molecule has 1 aliphatic rings. The van der Waals surface area contributed by atoms with E-state index >= 15 is 0 Å². The Morgan fingerprint density at radius 3 is 2.32 bits per heavy atom. The number of anilines is 1. The van der Waals surface area contributed by atoms with Crippen LogP contribution in [0.5, 0.6) is 5.75 Å². The summed E-state index contributed by atoms with van der Waals surface area (Å²) in [7, 11) is -2.36. The van der Waals surface area contributed by atoms with Crippen LogP contribution in [-0.4, -0.2) is 57.1 Å². The summed E-state index contributed by atoms with van der Waals surface area (Å²) in [6.07, 6.45) is 5.27. The van der Waals surface area contributed by atoms with Gasteiger partial charge in [0.2, 0.25) is 21.8 Å². The summed E-state index contributed by atoms with van der Waals surface area (Å²) in [5.74, 6) is -0.260. The molecule has 3 aromatic rings. The summed E-state index contributed by atoms with van der Waals surface area (Å²) in [6.45, 7) is -0.342. The van der Waals surface area contributed by atoms with Gasteiger partial charge < -0.3 is 15.0 Å². The molecule has 1 N–H and O–H groups in total. The van der Waals surface area contributed by atoms with E-state index in [0.717, 1.165) is 51.8 Å². The maximum Gasteiger partial charge on any atom is 0.244 e. The Morgan fingerprint density at radius 2 is 1.66 bits per heavy atom. The van der Waals surface area contributed by atoms with E-state index in [2.05, 4.69) is 21.2 Å². The highest BCUT2D eigenvalue weighted by Crippen LogP contribution is 2.25. The molecular formula is C31H36BrN3O5S. The summed E-state index contributed by atoms with van der Waals surface area (Å²) in [5, 5.41) is 3.17. The highest BCUT2D eigenvalue weighted by Gasteiger charge is 2.34. The molecule has 2 amide bonds. The van der Waals surface area contributed by atoms with Gasteiger partial charge in [-0.2, -0.15) is 0 Å². The molecule has 10 heteroatoms. The van der Waals surface area contributed by atoms with E-state index in [1.807, 2.05) is 54.6 Å². The first-order chi connectivity index (χ1) is 19.6. The SMILES string of the molecule is COc1cccc(N(CC(=O)N(Cc2cccc(Br)c2)[C@H](Cc2ccccc2)C(=O)NC2CCCC2)S(C)(=O)=O)c1. The van der Waals surface area contributed by atoms with Gasteiger partial charge in [0, 0.05) is 29.5 Å². The van der Waals surface area contributed by atoms with Crippen LogP contribution < -0.4 is 14.4 Å². The number of carbonyl (C=O) groups excluding carboxylic acids is 2. The van der Waals surface area contributed by atoms with Crippen molar-refractivity contribution in [1.82, 2.24) is 10.2 Å². The number of amides is 2. The van der Waals surface area contributed by atoms with E-state index in [4.69, 9.17) is 4.74 Å². The van der Waals surface area contributed by atoms with Crippen molar-refractivity contribution in [2.24, 2.45) is 0 Å². The maximum atomic E-state index is 14.2. The van der Waals surface area contributed by atoms with Gasteiger partial charge in [-0.15, -0.1) is 0 Å². The molecule has 0 radical (unpaired) electrons. The van der Waals surface area contributed by atoms with Crippen LogP contribution in [0, 0.1) is 0 Å². The summed E-state index contributed by atoms with van der Waals surface area (Å²) >= 11 is 3.50. The molecule has 0 heterocycles. The quantitative estimate of drug-likeness (QED) is 0.303. The topological polar surface area (TPSA) is 96.0 Å². The van der Waals surface area contributed by atoms with E-state index in [1.54, 1.807) is 24.3 Å². The number of nitrogens with zero attached hydrogens (tertiary/aromatic N) is 2. The van der Waals surface area contributed by atoms with Crippen LogP contribution in [0.25, 0.3) is 0 Å². The first-order valence-corrected chi connectivity index (χ1v) is 16.3. The standard InChI is InChI=1S/C31H36BrN3O5S/c1-40-28-17-9-16-27(20-28)35(41(2,38)39)22-30(36)34(21-24-12-8-13-25(32)18-24)29(19-23-10-4-3-5-11-23)31(37)33-26-14-6-7-15-26/h3-5,8-13,16-18,20,26,29H,6-7,14-15,19,21-22H2,1-2H3,(H,33,37)/t29-/m1/s1. The molecule has 3 aromatic carbocycles. The average molecular weight is 643 g/mol. The number of benzene rings is 3. The van der Waals surface area contributed by atoms with Crippen molar-refractivity contribution in [3.63, 3.8) is 0 Å². The van der Waals surface area contributed by atoms with Crippen molar-refractivity contribution in [2.45, 2.75) is 50.7 Å². The zero-order valence-corrected chi connectivity index (χ0v) is 25.7.